The van der Waals surface area contributed by atoms with Crippen LogP contribution in [0.25, 0.3) is 10.9 Å². The van der Waals surface area contributed by atoms with Gasteiger partial charge in [0.15, 0.2) is 0 Å². The van der Waals surface area contributed by atoms with E-state index in [0.29, 0.717) is 28.6 Å². The molecule has 2 aliphatic heterocycles. The van der Waals surface area contributed by atoms with E-state index in [0.717, 1.165) is 55.8 Å². The summed E-state index contributed by atoms with van der Waals surface area (Å²) >= 11 is 0. The highest BCUT2D eigenvalue weighted by Gasteiger charge is 2.51. The molecule has 4 aliphatic carbocycles. The smallest absolute Gasteiger partial charge is 0.262 e. The van der Waals surface area contributed by atoms with Crippen LogP contribution in [0.15, 0.2) is 23.0 Å². The van der Waals surface area contributed by atoms with Gasteiger partial charge in [-0.15, -0.1) is 0 Å². The van der Waals surface area contributed by atoms with Crippen LogP contribution in [0.2, 0.25) is 0 Å². The number of hydrogen-bond acceptors (Lipinski definition) is 6. The van der Waals surface area contributed by atoms with Crippen molar-refractivity contribution in [3.63, 3.8) is 0 Å². The average molecular weight is 546 g/mol. The van der Waals surface area contributed by atoms with Gasteiger partial charge < -0.3 is 9.80 Å². The Kier molecular flexibility index (Phi) is 6.82. The SMILES string of the molecule is Cc1nc2cccc(CCCN3CCN(CC45CC6CC(CC(C6)C4)C5)CC3)c2c(=O)n1C1CCC(=O)NC1=O. The predicted molar refractivity (Wildman–Crippen MR) is 154 cm³/mol. The third kappa shape index (κ3) is 4.91. The number of carbonyl (C=O) groups is 2. The molecule has 1 unspecified atom stereocenters. The topological polar surface area (TPSA) is 87.5 Å². The Morgan fingerprint density at radius 2 is 1.62 bits per heavy atom. The molecule has 6 fully saturated rings. The van der Waals surface area contributed by atoms with Crippen molar-refractivity contribution >= 4 is 22.7 Å². The number of aryl methyl sites for hydroxylation is 2. The zero-order valence-electron chi connectivity index (χ0n) is 23.9. The maximum atomic E-state index is 13.7. The molecule has 0 spiro atoms. The highest BCUT2D eigenvalue weighted by Crippen LogP contribution is 2.60. The summed E-state index contributed by atoms with van der Waals surface area (Å²) in [4.78, 5) is 48.0. The van der Waals surface area contributed by atoms with Crippen molar-refractivity contribution in [1.29, 1.82) is 0 Å². The second-order valence-corrected chi connectivity index (χ2v) is 13.8. The first kappa shape index (κ1) is 26.3. The van der Waals surface area contributed by atoms with Gasteiger partial charge in [-0.05, 0) is 106 Å². The van der Waals surface area contributed by atoms with Crippen LogP contribution >= 0.6 is 0 Å². The Balaban J connectivity index is 0.973. The molecule has 2 aromatic rings. The fourth-order valence-electron chi connectivity index (χ4n) is 9.55. The lowest BCUT2D eigenvalue weighted by molar-refractivity contribution is -0.135. The van der Waals surface area contributed by atoms with E-state index in [1.54, 1.807) is 6.92 Å². The summed E-state index contributed by atoms with van der Waals surface area (Å²) in [7, 11) is 0. The zero-order chi connectivity index (χ0) is 27.4. The number of amides is 2. The maximum absolute atomic E-state index is 13.7. The molecule has 2 amide bonds. The van der Waals surface area contributed by atoms with Crippen LogP contribution in [0.1, 0.15) is 75.2 Å². The Morgan fingerprint density at radius 3 is 2.30 bits per heavy atom. The number of aromatic nitrogens is 2. The quantitative estimate of drug-likeness (QED) is 0.537. The summed E-state index contributed by atoms with van der Waals surface area (Å²) < 4.78 is 1.50. The number of piperazine rings is 1. The van der Waals surface area contributed by atoms with Gasteiger partial charge in [-0.3, -0.25) is 24.3 Å². The largest absolute Gasteiger partial charge is 0.301 e. The number of nitrogens with zero attached hydrogens (tertiary/aromatic N) is 4. The van der Waals surface area contributed by atoms with Crippen LogP contribution in [0.3, 0.4) is 0 Å². The molecule has 1 aromatic heterocycles. The van der Waals surface area contributed by atoms with Crippen LogP contribution in [0.5, 0.6) is 0 Å². The molecule has 8 rings (SSSR count). The van der Waals surface area contributed by atoms with Gasteiger partial charge in [0.1, 0.15) is 11.9 Å². The summed E-state index contributed by atoms with van der Waals surface area (Å²) in [6.07, 6.45) is 11.4. The van der Waals surface area contributed by atoms with Gasteiger partial charge in [0.25, 0.3) is 5.56 Å². The summed E-state index contributed by atoms with van der Waals surface area (Å²) in [5.74, 6) is 2.88. The van der Waals surface area contributed by atoms with E-state index in [1.165, 1.54) is 62.7 Å². The average Bonchev–Trinajstić information content (AvgIpc) is 2.90. The minimum Gasteiger partial charge on any atom is -0.301 e. The molecule has 6 aliphatic rings. The van der Waals surface area contributed by atoms with Crippen molar-refractivity contribution in [1.82, 2.24) is 24.7 Å². The third-order valence-electron chi connectivity index (χ3n) is 10.8. The monoisotopic (exact) mass is 545 g/mol. The second kappa shape index (κ2) is 10.4. The fourth-order valence-corrected chi connectivity index (χ4v) is 9.55. The van der Waals surface area contributed by atoms with Gasteiger partial charge >= 0.3 is 0 Å². The van der Waals surface area contributed by atoms with Crippen molar-refractivity contribution in [3.8, 4) is 0 Å². The van der Waals surface area contributed by atoms with Gasteiger partial charge in [0, 0.05) is 39.1 Å². The number of piperidine rings is 1. The molecule has 2 saturated heterocycles. The first-order chi connectivity index (χ1) is 19.4. The first-order valence-electron chi connectivity index (χ1n) is 15.6. The molecule has 8 heteroatoms. The van der Waals surface area contributed by atoms with E-state index in [1.807, 2.05) is 18.2 Å². The van der Waals surface area contributed by atoms with Crippen LogP contribution in [-0.4, -0.2) is 70.4 Å². The number of carbonyl (C=O) groups excluding carboxylic acids is 2. The van der Waals surface area contributed by atoms with Crippen molar-refractivity contribution < 1.29 is 9.59 Å². The second-order valence-electron chi connectivity index (χ2n) is 13.8. The summed E-state index contributed by atoms with van der Waals surface area (Å²) in [6.45, 7) is 8.73. The number of benzene rings is 1. The standard InChI is InChI=1S/C32H43N5O3/c1-21-33-26-6-2-4-25(29(26)31(40)37(21)27-7-8-28(38)34-30(27)39)5-3-9-35-10-12-36(13-11-35)20-32-17-22-14-23(18-32)16-24(15-22)19-32/h2,4,6,22-24,27H,3,5,7-20H2,1H3,(H,34,38,39). The van der Waals surface area contributed by atoms with Gasteiger partial charge in [-0.1, -0.05) is 12.1 Å². The molecule has 4 bridgehead atoms. The van der Waals surface area contributed by atoms with E-state index >= 15 is 0 Å². The van der Waals surface area contributed by atoms with Crippen molar-refractivity contribution in [2.24, 2.45) is 23.2 Å². The van der Waals surface area contributed by atoms with Crippen LogP contribution in [-0.2, 0) is 16.0 Å². The lowest BCUT2D eigenvalue weighted by atomic mass is 9.49. The van der Waals surface area contributed by atoms with Gasteiger partial charge in [-0.2, -0.15) is 0 Å². The first-order valence-corrected chi connectivity index (χ1v) is 15.6. The zero-order valence-corrected chi connectivity index (χ0v) is 23.9. The molecule has 4 saturated carbocycles. The van der Waals surface area contributed by atoms with Crippen molar-refractivity contribution in [2.75, 3.05) is 39.3 Å². The number of rotatable bonds is 7. The normalized spacial score (nSPS) is 32.6. The minimum absolute atomic E-state index is 0.175. The fraction of sp³-hybridized carbons (Fsp3) is 0.688. The molecular formula is C32H43N5O3. The van der Waals surface area contributed by atoms with Crippen molar-refractivity contribution in [2.45, 2.75) is 77.2 Å². The minimum atomic E-state index is -0.690. The van der Waals surface area contributed by atoms with Crippen LogP contribution < -0.4 is 10.9 Å². The van der Waals surface area contributed by atoms with E-state index in [9.17, 15) is 14.4 Å². The molecule has 0 radical (unpaired) electrons. The van der Waals surface area contributed by atoms with E-state index < -0.39 is 11.9 Å². The summed E-state index contributed by atoms with van der Waals surface area (Å²) in [6, 6.07) is 5.19. The van der Waals surface area contributed by atoms with E-state index in [4.69, 9.17) is 4.98 Å². The molecule has 1 aromatic carbocycles. The molecule has 1 atom stereocenters. The predicted octanol–water partition coefficient (Wildman–Crippen LogP) is 3.45. The highest BCUT2D eigenvalue weighted by atomic mass is 16.2. The Hall–Kier alpha value is -2.58. The summed E-state index contributed by atoms with van der Waals surface area (Å²) in [5, 5.41) is 2.99. The third-order valence-corrected chi connectivity index (χ3v) is 10.8. The Morgan fingerprint density at radius 1 is 0.950 bits per heavy atom. The molecule has 8 nitrogen and oxygen atoms in total. The van der Waals surface area contributed by atoms with Crippen molar-refractivity contribution in [3.05, 3.63) is 39.9 Å². The maximum Gasteiger partial charge on any atom is 0.262 e. The van der Waals surface area contributed by atoms with Crippen LogP contribution in [0, 0.1) is 30.1 Å². The van der Waals surface area contributed by atoms with Gasteiger partial charge in [0.05, 0.1) is 10.9 Å². The molecular weight excluding hydrogens is 502 g/mol. The van der Waals surface area contributed by atoms with Crippen LogP contribution in [0.4, 0.5) is 0 Å². The number of nitrogens with one attached hydrogen (secondary N) is 1. The summed E-state index contributed by atoms with van der Waals surface area (Å²) in [5.41, 5.74) is 2.13. The van der Waals surface area contributed by atoms with Gasteiger partial charge in [0.2, 0.25) is 11.8 Å². The highest BCUT2D eigenvalue weighted by molar-refractivity contribution is 5.99. The Bertz CT molecular complexity index is 1340. The lowest BCUT2D eigenvalue weighted by Gasteiger charge is -2.58. The number of hydrogen-bond donors (Lipinski definition) is 1. The molecule has 1 N–H and O–H groups in total. The molecule has 40 heavy (non-hydrogen) atoms. The number of fused-ring (bicyclic) bond motifs is 1. The molecule has 214 valence electrons. The van der Waals surface area contributed by atoms with E-state index in [-0.39, 0.29) is 17.9 Å². The molecule has 3 heterocycles. The lowest BCUT2D eigenvalue weighted by Crippen LogP contribution is -2.54. The van der Waals surface area contributed by atoms with E-state index in [2.05, 4.69) is 15.1 Å². The number of imide groups is 1. The Labute approximate surface area is 236 Å². The van der Waals surface area contributed by atoms with Gasteiger partial charge in [-0.25, -0.2) is 4.98 Å².